The number of nitrogens with one attached hydrogen (secondary N) is 2. The van der Waals surface area contributed by atoms with Crippen LogP contribution in [0, 0.1) is 0 Å². The molecule has 0 atom stereocenters. The van der Waals surface area contributed by atoms with Crippen molar-refractivity contribution in [2.24, 2.45) is 0 Å². The van der Waals surface area contributed by atoms with Crippen molar-refractivity contribution in [3.05, 3.63) is 78.3 Å². The van der Waals surface area contributed by atoms with E-state index in [2.05, 4.69) is 15.5 Å². The van der Waals surface area contributed by atoms with E-state index in [0.717, 1.165) is 42.4 Å². The number of furan rings is 1. The number of ether oxygens (including phenoxy) is 1. The number of nitrogens with zero attached hydrogens (tertiary/aromatic N) is 1. The maximum absolute atomic E-state index is 12.5. The molecule has 2 heterocycles. The second-order valence-corrected chi connectivity index (χ2v) is 8.57. The zero-order chi connectivity index (χ0) is 22.2. The Bertz CT molecular complexity index is 1050. The zero-order valence-electron chi connectivity index (χ0n) is 17.6. The van der Waals surface area contributed by atoms with Gasteiger partial charge < -0.3 is 19.8 Å². The van der Waals surface area contributed by atoms with Gasteiger partial charge in [0.1, 0.15) is 5.75 Å². The third-order valence-corrected chi connectivity index (χ3v) is 5.94. The number of carbonyl (C=O) groups is 2. The fourth-order valence-electron chi connectivity index (χ4n) is 3.38. The Balaban J connectivity index is 1.31. The lowest BCUT2D eigenvalue weighted by atomic mass is 10.1. The van der Waals surface area contributed by atoms with Crippen molar-refractivity contribution in [2.45, 2.75) is 6.54 Å². The summed E-state index contributed by atoms with van der Waals surface area (Å²) in [6.45, 7) is 2.80. The number of anilines is 2. The second-order valence-electron chi connectivity index (χ2n) is 7.34. The van der Waals surface area contributed by atoms with Gasteiger partial charge in [-0.3, -0.25) is 14.5 Å². The molecule has 2 N–H and O–H groups in total. The Morgan fingerprint density at radius 1 is 1.00 bits per heavy atom. The number of hydrogen-bond acceptors (Lipinski definition) is 6. The van der Waals surface area contributed by atoms with Gasteiger partial charge >= 0.3 is 0 Å². The van der Waals surface area contributed by atoms with Crippen LogP contribution in [0.25, 0.3) is 0 Å². The van der Waals surface area contributed by atoms with E-state index >= 15 is 0 Å². The highest BCUT2D eigenvalue weighted by Gasteiger charge is 2.14. The van der Waals surface area contributed by atoms with Crippen LogP contribution in [0.2, 0.25) is 0 Å². The van der Waals surface area contributed by atoms with Crippen LogP contribution in [0.5, 0.6) is 5.75 Å². The van der Waals surface area contributed by atoms with E-state index in [9.17, 15) is 9.59 Å². The lowest BCUT2D eigenvalue weighted by Crippen LogP contribution is -2.32. The maximum atomic E-state index is 12.5. The maximum Gasteiger partial charge on any atom is 0.291 e. The number of carbonyl (C=O) groups excluding carboxylic acids is 2. The number of thioether (sulfide) groups is 1. The van der Waals surface area contributed by atoms with Gasteiger partial charge in [-0.25, -0.2) is 0 Å². The van der Waals surface area contributed by atoms with E-state index in [1.165, 1.54) is 6.26 Å². The quantitative estimate of drug-likeness (QED) is 0.537. The average molecular weight is 452 g/mol. The number of hydrogen-bond donors (Lipinski definition) is 2. The van der Waals surface area contributed by atoms with Gasteiger partial charge in [0, 0.05) is 48.6 Å². The molecule has 0 spiro atoms. The van der Waals surface area contributed by atoms with Crippen molar-refractivity contribution in [3.8, 4) is 5.75 Å². The van der Waals surface area contributed by atoms with Crippen molar-refractivity contribution in [3.63, 3.8) is 0 Å². The molecule has 4 rings (SSSR count). The van der Waals surface area contributed by atoms with Gasteiger partial charge in [-0.1, -0.05) is 24.3 Å². The molecule has 1 aliphatic rings. The van der Waals surface area contributed by atoms with Gasteiger partial charge in [0.05, 0.1) is 6.26 Å². The molecule has 2 aromatic carbocycles. The van der Waals surface area contributed by atoms with Gasteiger partial charge in [-0.05, 0) is 35.9 Å². The van der Waals surface area contributed by atoms with Crippen LogP contribution in [-0.2, 0) is 11.3 Å². The van der Waals surface area contributed by atoms with E-state index in [1.807, 2.05) is 36.0 Å². The van der Waals surface area contributed by atoms with Gasteiger partial charge in [-0.2, -0.15) is 11.8 Å². The SMILES string of the molecule is O=C(COc1cccc(NC(=O)c2ccco2)c1)Nc1ccccc1CN1CCSCC1. The van der Waals surface area contributed by atoms with E-state index in [1.54, 1.807) is 36.4 Å². The molecule has 1 saturated heterocycles. The molecule has 1 aliphatic heterocycles. The summed E-state index contributed by atoms with van der Waals surface area (Å²) < 4.78 is 10.7. The summed E-state index contributed by atoms with van der Waals surface area (Å²) in [5.74, 6) is 2.40. The molecule has 1 fully saturated rings. The third kappa shape index (κ3) is 6.15. The third-order valence-electron chi connectivity index (χ3n) is 5.00. The van der Waals surface area contributed by atoms with Crippen LogP contribution in [0.1, 0.15) is 16.1 Å². The minimum absolute atomic E-state index is 0.135. The Morgan fingerprint density at radius 3 is 2.66 bits per heavy atom. The minimum Gasteiger partial charge on any atom is -0.484 e. The summed E-state index contributed by atoms with van der Waals surface area (Å²) in [5, 5.41) is 5.70. The van der Waals surface area contributed by atoms with Crippen molar-refractivity contribution >= 4 is 35.0 Å². The van der Waals surface area contributed by atoms with Crippen LogP contribution >= 0.6 is 11.8 Å². The molecule has 166 valence electrons. The van der Waals surface area contributed by atoms with Gasteiger partial charge in [0.15, 0.2) is 12.4 Å². The van der Waals surface area contributed by atoms with E-state index in [0.29, 0.717) is 11.4 Å². The minimum atomic E-state index is -0.353. The van der Waals surface area contributed by atoms with Crippen LogP contribution < -0.4 is 15.4 Å². The van der Waals surface area contributed by atoms with Gasteiger partial charge in [-0.15, -0.1) is 0 Å². The monoisotopic (exact) mass is 451 g/mol. The molecule has 0 radical (unpaired) electrons. The van der Waals surface area contributed by atoms with Crippen LogP contribution in [0.15, 0.2) is 71.3 Å². The lowest BCUT2D eigenvalue weighted by Gasteiger charge is -2.27. The van der Waals surface area contributed by atoms with E-state index in [-0.39, 0.29) is 24.2 Å². The molecular weight excluding hydrogens is 426 g/mol. The summed E-state index contributed by atoms with van der Waals surface area (Å²) in [6, 6.07) is 18.0. The molecule has 3 aromatic rings. The number of benzene rings is 2. The molecule has 7 nitrogen and oxygen atoms in total. The summed E-state index contributed by atoms with van der Waals surface area (Å²) in [6.07, 6.45) is 1.44. The van der Waals surface area contributed by atoms with Crippen LogP contribution in [0.4, 0.5) is 11.4 Å². The second kappa shape index (κ2) is 10.9. The van der Waals surface area contributed by atoms with E-state index in [4.69, 9.17) is 9.15 Å². The summed E-state index contributed by atoms with van der Waals surface area (Å²) in [7, 11) is 0. The molecular formula is C24H25N3O4S. The molecule has 0 unspecified atom stereocenters. The molecule has 2 amide bonds. The fraction of sp³-hybridized carbons (Fsp3) is 0.250. The fourth-order valence-corrected chi connectivity index (χ4v) is 4.36. The predicted octanol–water partition coefficient (Wildman–Crippen LogP) is 4.10. The Kier molecular flexibility index (Phi) is 7.47. The predicted molar refractivity (Wildman–Crippen MR) is 126 cm³/mol. The topological polar surface area (TPSA) is 83.8 Å². The summed E-state index contributed by atoms with van der Waals surface area (Å²) in [4.78, 5) is 27.0. The van der Waals surface area contributed by atoms with Crippen LogP contribution in [0.3, 0.4) is 0 Å². The Hall–Kier alpha value is -3.23. The molecule has 32 heavy (non-hydrogen) atoms. The lowest BCUT2D eigenvalue weighted by molar-refractivity contribution is -0.118. The van der Waals surface area contributed by atoms with Crippen molar-refractivity contribution in [2.75, 3.05) is 41.8 Å². The van der Waals surface area contributed by atoms with E-state index < -0.39 is 0 Å². The Labute approximate surface area is 191 Å². The largest absolute Gasteiger partial charge is 0.484 e. The molecule has 0 saturated carbocycles. The number of rotatable bonds is 8. The molecule has 8 heteroatoms. The first-order valence-corrected chi connectivity index (χ1v) is 11.6. The summed E-state index contributed by atoms with van der Waals surface area (Å²) >= 11 is 1.98. The Morgan fingerprint density at radius 2 is 1.84 bits per heavy atom. The molecule has 0 bridgehead atoms. The first-order chi connectivity index (χ1) is 15.7. The van der Waals surface area contributed by atoms with Crippen molar-refractivity contribution in [1.82, 2.24) is 4.90 Å². The first-order valence-electron chi connectivity index (χ1n) is 10.4. The average Bonchev–Trinajstić information content (AvgIpc) is 3.35. The number of para-hydroxylation sites is 1. The first kappa shape index (κ1) is 22.0. The van der Waals surface area contributed by atoms with Gasteiger partial charge in [0.2, 0.25) is 0 Å². The van der Waals surface area contributed by atoms with Gasteiger partial charge in [0.25, 0.3) is 11.8 Å². The highest BCUT2D eigenvalue weighted by atomic mass is 32.2. The molecule has 0 aliphatic carbocycles. The smallest absolute Gasteiger partial charge is 0.291 e. The normalized spacial score (nSPS) is 14.0. The highest BCUT2D eigenvalue weighted by molar-refractivity contribution is 7.99. The summed E-state index contributed by atoms with van der Waals surface area (Å²) in [5.41, 5.74) is 2.45. The highest BCUT2D eigenvalue weighted by Crippen LogP contribution is 2.21. The van der Waals surface area contributed by atoms with Crippen molar-refractivity contribution < 1.29 is 18.7 Å². The van der Waals surface area contributed by atoms with Crippen molar-refractivity contribution in [1.29, 1.82) is 0 Å². The molecule has 1 aromatic heterocycles. The number of amides is 2. The zero-order valence-corrected chi connectivity index (χ0v) is 18.4. The standard InChI is InChI=1S/C24H25N3O4S/c28-23(26-21-8-2-1-5-18(21)16-27-10-13-32-14-11-27)17-31-20-7-3-6-19(15-20)25-24(29)22-9-4-12-30-22/h1-9,12,15H,10-11,13-14,16-17H2,(H,25,29)(H,26,28). The van der Waals surface area contributed by atoms with Crippen LogP contribution in [-0.4, -0.2) is 47.9 Å².